The summed E-state index contributed by atoms with van der Waals surface area (Å²) in [5, 5.41) is 26.7. The van der Waals surface area contributed by atoms with Crippen molar-refractivity contribution in [1.82, 2.24) is 15.7 Å². The van der Waals surface area contributed by atoms with Crippen molar-refractivity contribution in [1.29, 1.82) is 0 Å². The zero-order valence-electron chi connectivity index (χ0n) is 23.7. The summed E-state index contributed by atoms with van der Waals surface area (Å²) in [6, 6.07) is 8.87. The lowest BCUT2D eigenvalue weighted by Gasteiger charge is -2.30. The Kier molecular flexibility index (Phi) is 12.1. The Balaban J connectivity index is 2.41. The van der Waals surface area contributed by atoms with Gasteiger partial charge in [0.05, 0.1) is 18.5 Å². The van der Waals surface area contributed by atoms with Gasteiger partial charge in [-0.1, -0.05) is 58.4 Å². The Bertz CT molecular complexity index is 1240. The van der Waals surface area contributed by atoms with E-state index in [1.54, 1.807) is 37.3 Å². The molecule has 0 bridgehead atoms. The number of benzene rings is 2. The van der Waals surface area contributed by atoms with Crippen LogP contribution in [0.2, 0.25) is 0 Å². The van der Waals surface area contributed by atoms with Gasteiger partial charge in [0, 0.05) is 18.2 Å². The molecule has 0 radical (unpaired) electrons. The number of hydrogen-bond donors (Lipinski definition) is 4. The highest BCUT2D eigenvalue weighted by molar-refractivity contribution is 5.94. The van der Waals surface area contributed by atoms with Crippen molar-refractivity contribution >= 4 is 11.9 Å². The van der Waals surface area contributed by atoms with Gasteiger partial charge in [-0.3, -0.25) is 14.8 Å². The summed E-state index contributed by atoms with van der Waals surface area (Å²) >= 11 is 0. The van der Waals surface area contributed by atoms with Gasteiger partial charge >= 0.3 is 5.97 Å². The minimum absolute atomic E-state index is 0.0267. The van der Waals surface area contributed by atoms with Gasteiger partial charge in [0.2, 0.25) is 0 Å². The number of amides is 1. The SMILES string of the molecule is CCCC[C@@H](NC(=C=C=CC(C)(C)C)N(O)C(C)c1cc(F)cc(F)c1)c1ccc(C(=O)NCCC(=O)O)cc1. The van der Waals surface area contributed by atoms with Crippen LogP contribution < -0.4 is 10.6 Å². The number of carbonyl (C=O) groups is 2. The molecular formula is C31H39F2N3O4. The number of rotatable bonds is 13. The molecule has 216 valence electrons. The first-order chi connectivity index (χ1) is 18.8. The van der Waals surface area contributed by atoms with Crippen LogP contribution >= 0.6 is 0 Å². The lowest BCUT2D eigenvalue weighted by atomic mass is 9.97. The average Bonchev–Trinajstić information content (AvgIpc) is 2.87. The number of carboxylic acids is 1. The lowest BCUT2D eigenvalue weighted by Crippen LogP contribution is -2.33. The molecule has 0 aromatic heterocycles. The third-order valence-corrected chi connectivity index (χ3v) is 6.02. The van der Waals surface area contributed by atoms with E-state index < -0.39 is 23.6 Å². The van der Waals surface area contributed by atoms with E-state index in [-0.39, 0.29) is 41.7 Å². The fraction of sp³-hybridized carbons (Fsp3) is 0.419. The zero-order valence-corrected chi connectivity index (χ0v) is 23.7. The van der Waals surface area contributed by atoms with Gasteiger partial charge in [-0.25, -0.2) is 13.8 Å². The molecule has 4 N–H and O–H groups in total. The highest BCUT2D eigenvalue weighted by atomic mass is 19.1. The Morgan fingerprint density at radius 3 is 2.25 bits per heavy atom. The van der Waals surface area contributed by atoms with Gasteiger partial charge in [0.1, 0.15) is 11.6 Å². The van der Waals surface area contributed by atoms with Crippen molar-refractivity contribution in [2.24, 2.45) is 5.41 Å². The predicted molar refractivity (Wildman–Crippen MR) is 149 cm³/mol. The van der Waals surface area contributed by atoms with Crippen LogP contribution in [0.25, 0.3) is 0 Å². The van der Waals surface area contributed by atoms with Gasteiger partial charge in [-0.15, -0.1) is 0 Å². The first kappa shape index (κ1) is 32.3. The quantitative estimate of drug-likeness (QED) is 0.163. The smallest absolute Gasteiger partial charge is 0.305 e. The molecule has 2 rings (SSSR count). The van der Waals surface area contributed by atoms with E-state index in [1.807, 2.05) is 20.8 Å². The number of hydrogen-bond acceptors (Lipinski definition) is 5. The maximum absolute atomic E-state index is 13.9. The summed E-state index contributed by atoms with van der Waals surface area (Å²) in [7, 11) is 0. The Hall–Kier alpha value is -3.90. The predicted octanol–water partition coefficient (Wildman–Crippen LogP) is 6.64. The Labute approximate surface area is 234 Å². The van der Waals surface area contributed by atoms with Crippen molar-refractivity contribution in [2.45, 2.75) is 72.4 Å². The summed E-state index contributed by atoms with van der Waals surface area (Å²) in [4.78, 5) is 23.1. The summed E-state index contributed by atoms with van der Waals surface area (Å²) < 4.78 is 27.8. The molecule has 0 fully saturated rings. The summed E-state index contributed by atoms with van der Waals surface area (Å²) in [6.07, 6.45) is 4.10. The minimum atomic E-state index is -0.995. The highest BCUT2D eigenvalue weighted by Crippen LogP contribution is 2.27. The van der Waals surface area contributed by atoms with Gasteiger partial charge in [0.25, 0.3) is 5.91 Å². The third-order valence-electron chi connectivity index (χ3n) is 6.02. The molecule has 0 aliphatic carbocycles. The van der Waals surface area contributed by atoms with Crippen LogP contribution in [0.3, 0.4) is 0 Å². The van der Waals surface area contributed by atoms with Crippen LogP contribution in [0.15, 0.2) is 65.8 Å². The molecule has 9 heteroatoms. The van der Waals surface area contributed by atoms with E-state index in [9.17, 15) is 23.6 Å². The molecule has 0 saturated carbocycles. The molecule has 1 unspecified atom stereocenters. The average molecular weight is 556 g/mol. The first-order valence-electron chi connectivity index (χ1n) is 13.3. The monoisotopic (exact) mass is 555 g/mol. The van der Waals surface area contributed by atoms with E-state index in [0.717, 1.165) is 41.7 Å². The van der Waals surface area contributed by atoms with Crippen LogP contribution in [0.5, 0.6) is 0 Å². The number of aliphatic carboxylic acids is 1. The summed E-state index contributed by atoms with van der Waals surface area (Å²) in [5.74, 6) is -2.70. The van der Waals surface area contributed by atoms with E-state index in [2.05, 4.69) is 29.0 Å². The molecule has 2 atom stereocenters. The number of nitrogens with one attached hydrogen (secondary N) is 2. The van der Waals surface area contributed by atoms with Crippen LogP contribution in [-0.4, -0.2) is 33.8 Å². The number of halogens is 2. The van der Waals surface area contributed by atoms with Crippen molar-refractivity contribution in [3.8, 4) is 0 Å². The molecule has 0 saturated heterocycles. The second-order valence-electron chi connectivity index (χ2n) is 10.7. The number of carbonyl (C=O) groups excluding carboxylic acids is 1. The maximum Gasteiger partial charge on any atom is 0.305 e. The molecule has 1 amide bonds. The first-order valence-corrected chi connectivity index (χ1v) is 13.3. The number of unbranched alkanes of at least 4 members (excludes halogenated alkanes) is 1. The van der Waals surface area contributed by atoms with Crippen LogP contribution in [0.1, 0.15) is 93.9 Å². The van der Waals surface area contributed by atoms with Gasteiger partial charge in [0.15, 0.2) is 5.82 Å². The summed E-state index contributed by atoms with van der Waals surface area (Å²) in [6.45, 7) is 9.68. The van der Waals surface area contributed by atoms with E-state index in [1.165, 1.54) is 0 Å². The van der Waals surface area contributed by atoms with E-state index in [0.29, 0.717) is 12.0 Å². The second kappa shape index (κ2) is 15.0. The zero-order chi connectivity index (χ0) is 29.9. The van der Waals surface area contributed by atoms with Gasteiger partial charge < -0.3 is 15.7 Å². The number of hydroxylamine groups is 2. The van der Waals surface area contributed by atoms with Crippen molar-refractivity contribution < 1.29 is 28.7 Å². The molecule has 7 nitrogen and oxygen atoms in total. The van der Waals surface area contributed by atoms with Crippen molar-refractivity contribution in [3.63, 3.8) is 0 Å². The van der Waals surface area contributed by atoms with Crippen LogP contribution in [0.4, 0.5) is 8.78 Å². The second-order valence-corrected chi connectivity index (χ2v) is 10.7. The third kappa shape index (κ3) is 10.7. The molecule has 40 heavy (non-hydrogen) atoms. The fourth-order valence-corrected chi connectivity index (χ4v) is 3.78. The maximum atomic E-state index is 13.9. The topological polar surface area (TPSA) is 102 Å². The molecular weight excluding hydrogens is 516 g/mol. The molecule has 0 aliphatic rings. The molecule has 2 aromatic rings. The lowest BCUT2D eigenvalue weighted by molar-refractivity contribution is -0.136. The van der Waals surface area contributed by atoms with E-state index >= 15 is 0 Å². The van der Waals surface area contributed by atoms with Crippen molar-refractivity contribution in [2.75, 3.05) is 6.54 Å². The Morgan fingerprint density at radius 1 is 1.07 bits per heavy atom. The highest BCUT2D eigenvalue weighted by Gasteiger charge is 2.22. The fourth-order valence-electron chi connectivity index (χ4n) is 3.78. The van der Waals surface area contributed by atoms with Gasteiger partial charge in [-0.2, -0.15) is 0 Å². The number of nitrogens with zero attached hydrogens (tertiary/aromatic N) is 1. The Morgan fingerprint density at radius 2 is 1.70 bits per heavy atom. The molecule has 2 aromatic carbocycles. The summed E-state index contributed by atoms with van der Waals surface area (Å²) in [5.41, 5.74) is 7.22. The van der Waals surface area contributed by atoms with Crippen LogP contribution in [-0.2, 0) is 4.79 Å². The normalized spacial score (nSPS) is 12.4. The van der Waals surface area contributed by atoms with E-state index in [4.69, 9.17) is 5.11 Å². The standard InChI is InChI=1S/C31H39F2N3O4/c1-6-7-9-27(22-11-13-23(14-12-22)30(39)34-17-15-29(37)38)35-28(10-8-16-31(3,4)5)36(40)21(2)24-18-25(32)20-26(33)19-24/h11-14,16,18-21,27,35,40H,6-7,9,15,17H2,1-5H3,(H,34,39)(H,37,38)/t21?,27-/m1/s1. The minimum Gasteiger partial charge on any atom is -0.481 e. The van der Waals surface area contributed by atoms with Gasteiger partial charge in [-0.05, 0) is 66.0 Å². The largest absolute Gasteiger partial charge is 0.481 e. The number of carboxylic acid groups (broad SMARTS) is 1. The number of allylic oxidation sites excluding steroid dienone is 1. The molecule has 0 spiro atoms. The van der Waals surface area contributed by atoms with Crippen LogP contribution in [0, 0.1) is 17.0 Å². The van der Waals surface area contributed by atoms with Crippen molar-refractivity contribution in [3.05, 3.63) is 94.1 Å². The molecule has 0 aliphatic heterocycles. The molecule has 0 heterocycles.